The number of benzene rings is 7. The van der Waals surface area contributed by atoms with E-state index in [2.05, 4.69) is 182 Å². The molecular weight excluding hydrogens is 687 g/mol. The van der Waals surface area contributed by atoms with Gasteiger partial charge >= 0.3 is 0 Å². The molecule has 0 bridgehead atoms. The van der Waals surface area contributed by atoms with Crippen molar-refractivity contribution in [1.82, 2.24) is 15.0 Å². The first-order chi connectivity index (χ1) is 27.2. The van der Waals surface area contributed by atoms with Gasteiger partial charge in [0.15, 0.2) is 0 Å². The first-order valence-corrected chi connectivity index (χ1v) is 19.3. The molecule has 256 valence electrons. The molecule has 0 saturated carbocycles. The van der Waals surface area contributed by atoms with Gasteiger partial charge in [0.05, 0.1) is 27.7 Å². The van der Waals surface area contributed by atoms with Crippen LogP contribution in [-0.4, -0.2) is 15.0 Å². The minimum Gasteiger partial charge on any atom is -0.255 e. The van der Waals surface area contributed by atoms with Crippen LogP contribution in [-0.2, 0) is 0 Å². The average molecular weight is 718 g/mol. The van der Waals surface area contributed by atoms with Gasteiger partial charge in [-0.2, -0.15) is 0 Å². The van der Waals surface area contributed by atoms with E-state index in [1.54, 1.807) is 11.3 Å². The van der Waals surface area contributed by atoms with Gasteiger partial charge < -0.3 is 0 Å². The van der Waals surface area contributed by atoms with Gasteiger partial charge in [-0.3, -0.25) is 9.97 Å². The monoisotopic (exact) mass is 717 g/mol. The highest BCUT2D eigenvalue weighted by Gasteiger charge is 2.18. The Bertz CT molecular complexity index is 3280. The maximum atomic E-state index is 5.42. The number of thiophene rings is 1. The van der Waals surface area contributed by atoms with E-state index in [4.69, 9.17) is 15.0 Å². The molecule has 3 nitrogen and oxygen atoms in total. The van der Waals surface area contributed by atoms with Gasteiger partial charge in [0.1, 0.15) is 0 Å². The number of fused-ring (bicyclic) bond motifs is 5. The molecule has 7 aromatic carbocycles. The Morgan fingerprint density at radius 3 is 1.69 bits per heavy atom. The molecule has 0 amide bonds. The number of hydrogen-bond donors (Lipinski definition) is 0. The fourth-order valence-corrected chi connectivity index (χ4v) is 9.03. The topological polar surface area (TPSA) is 38.7 Å². The summed E-state index contributed by atoms with van der Waals surface area (Å²) in [7, 11) is 0. The van der Waals surface area contributed by atoms with Crippen LogP contribution in [0.1, 0.15) is 0 Å². The summed E-state index contributed by atoms with van der Waals surface area (Å²) in [6, 6.07) is 62.8. The van der Waals surface area contributed by atoms with E-state index in [0.717, 1.165) is 81.7 Å². The van der Waals surface area contributed by atoms with Crippen molar-refractivity contribution in [2.75, 3.05) is 0 Å². The van der Waals surface area contributed by atoms with Gasteiger partial charge in [0.2, 0.25) is 0 Å². The van der Waals surface area contributed by atoms with Gasteiger partial charge in [-0.1, -0.05) is 133 Å². The summed E-state index contributed by atoms with van der Waals surface area (Å²) in [6.07, 6.45) is 3.96. The molecule has 0 aliphatic rings. The van der Waals surface area contributed by atoms with E-state index in [9.17, 15) is 0 Å². The fraction of sp³-hybridized carbons (Fsp3) is 0. The number of hydrogen-bond acceptors (Lipinski definition) is 4. The largest absolute Gasteiger partial charge is 0.255 e. The summed E-state index contributed by atoms with van der Waals surface area (Å²) in [6.45, 7) is 0. The van der Waals surface area contributed by atoms with Crippen molar-refractivity contribution in [3.05, 3.63) is 188 Å². The van der Waals surface area contributed by atoms with Crippen LogP contribution in [0.5, 0.6) is 0 Å². The van der Waals surface area contributed by atoms with Gasteiger partial charge in [-0.05, 0) is 80.2 Å². The molecule has 4 heterocycles. The Balaban J connectivity index is 1.11. The van der Waals surface area contributed by atoms with Crippen molar-refractivity contribution in [3.8, 4) is 54.8 Å². The van der Waals surface area contributed by atoms with Gasteiger partial charge in [-0.15, -0.1) is 11.3 Å². The van der Waals surface area contributed by atoms with Crippen LogP contribution < -0.4 is 0 Å². The van der Waals surface area contributed by atoms with Crippen molar-refractivity contribution in [2.45, 2.75) is 0 Å². The zero-order valence-electron chi connectivity index (χ0n) is 29.6. The second kappa shape index (κ2) is 12.8. The van der Waals surface area contributed by atoms with Crippen LogP contribution in [0.4, 0.5) is 0 Å². The normalized spacial score (nSPS) is 11.6. The quantitative estimate of drug-likeness (QED) is 0.178. The number of aromatic nitrogens is 3. The van der Waals surface area contributed by atoms with E-state index >= 15 is 0 Å². The fourth-order valence-electron chi connectivity index (χ4n) is 7.99. The van der Waals surface area contributed by atoms with E-state index in [1.165, 1.54) is 26.9 Å². The number of rotatable bonds is 5. The second-order valence-corrected chi connectivity index (χ2v) is 15.1. The molecule has 0 unspecified atom stereocenters. The Hall–Kier alpha value is -7.01. The molecule has 0 saturated heterocycles. The Labute approximate surface area is 321 Å². The lowest BCUT2D eigenvalue weighted by atomic mass is 9.95. The molecular formula is C51H31N3S. The maximum Gasteiger partial charge on any atom is 0.0880 e. The predicted octanol–water partition coefficient (Wildman–Crippen LogP) is 14.0. The Morgan fingerprint density at radius 2 is 0.945 bits per heavy atom. The van der Waals surface area contributed by atoms with E-state index < -0.39 is 0 Å². The van der Waals surface area contributed by atoms with E-state index in [-0.39, 0.29) is 0 Å². The number of pyridine rings is 3. The molecule has 55 heavy (non-hydrogen) atoms. The zero-order chi connectivity index (χ0) is 36.3. The highest BCUT2D eigenvalue weighted by molar-refractivity contribution is 7.19. The van der Waals surface area contributed by atoms with Crippen LogP contribution in [0.15, 0.2) is 188 Å². The number of nitrogens with zero attached hydrogens (tertiary/aromatic N) is 3. The Kier molecular flexibility index (Phi) is 7.35. The standard InChI is InChI=1S/C51H31N3S/c1-3-12-35-27-39(19-17-32(35)9-1)49-43-22-21-38(46-30-37-14-6-8-16-42(37)50(54-46)40-20-18-33-10-2-4-13-36(33)28-40)29-44(43)45(31-53-49)47-23-24-48(55-47)51-41-15-7-5-11-34(41)25-26-52-51/h1-31H. The molecule has 11 rings (SSSR count). The van der Waals surface area contributed by atoms with Gasteiger partial charge in [0.25, 0.3) is 0 Å². The molecule has 0 aliphatic heterocycles. The van der Waals surface area contributed by atoms with Crippen molar-refractivity contribution in [2.24, 2.45) is 0 Å². The summed E-state index contributed by atoms with van der Waals surface area (Å²) in [5, 5.41) is 11.7. The van der Waals surface area contributed by atoms with Crippen LogP contribution in [0.3, 0.4) is 0 Å². The minimum absolute atomic E-state index is 0.936. The first-order valence-electron chi connectivity index (χ1n) is 18.5. The molecule has 0 spiro atoms. The summed E-state index contributed by atoms with van der Waals surface area (Å²) >= 11 is 1.76. The van der Waals surface area contributed by atoms with Crippen LogP contribution in [0.2, 0.25) is 0 Å². The molecule has 0 fully saturated rings. The summed E-state index contributed by atoms with van der Waals surface area (Å²) in [4.78, 5) is 17.7. The lowest BCUT2D eigenvalue weighted by Gasteiger charge is -2.14. The average Bonchev–Trinajstić information content (AvgIpc) is 3.75. The highest BCUT2D eigenvalue weighted by atomic mass is 32.1. The van der Waals surface area contributed by atoms with Gasteiger partial charge in [0, 0.05) is 55.7 Å². The highest BCUT2D eigenvalue weighted by Crippen LogP contribution is 2.42. The lowest BCUT2D eigenvalue weighted by molar-refractivity contribution is 1.35. The first kappa shape index (κ1) is 31.5. The SMILES string of the molecule is c1ccc2cc(-c3nc(-c4ccc5c(-c6ccc7ccccc7c6)ncc(-c6ccc(-c7nccc8ccccc78)s6)c5c4)cc4ccccc34)ccc2c1. The minimum atomic E-state index is 0.936. The smallest absolute Gasteiger partial charge is 0.0880 e. The Morgan fingerprint density at radius 1 is 0.345 bits per heavy atom. The van der Waals surface area contributed by atoms with E-state index in [0.29, 0.717) is 0 Å². The van der Waals surface area contributed by atoms with Crippen molar-refractivity contribution < 1.29 is 0 Å². The molecule has 11 aromatic rings. The third-order valence-corrected chi connectivity index (χ3v) is 11.9. The lowest BCUT2D eigenvalue weighted by Crippen LogP contribution is -1.93. The van der Waals surface area contributed by atoms with Crippen molar-refractivity contribution >= 4 is 65.2 Å². The predicted molar refractivity (Wildman–Crippen MR) is 232 cm³/mol. The van der Waals surface area contributed by atoms with Crippen molar-refractivity contribution in [3.63, 3.8) is 0 Å². The maximum absolute atomic E-state index is 5.42. The molecule has 0 aliphatic carbocycles. The van der Waals surface area contributed by atoms with Gasteiger partial charge in [-0.25, -0.2) is 4.98 Å². The summed E-state index contributed by atoms with van der Waals surface area (Å²) in [5.74, 6) is 0. The molecule has 0 N–H and O–H groups in total. The second-order valence-electron chi connectivity index (χ2n) is 14.0. The van der Waals surface area contributed by atoms with Crippen LogP contribution >= 0.6 is 11.3 Å². The third-order valence-electron chi connectivity index (χ3n) is 10.7. The molecule has 0 atom stereocenters. The summed E-state index contributed by atoms with van der Waals surface area (Å²) in [5.41, 5.74) is 8.24. The molecule has 4 heteroatoms. The zero-order valence-corrected chi connectivity index (χ0v) is 30.5. The van der Waals surface area contributed by atoms with Crippen LogP contribution in [0.25, 0.3) is 109 Å². The molecule has 4 aromatic heterocycles. The summed E-state index contributed by atoms with van der Waals surface area (Å²) < 4.78 is 0. The van der Waals surface area contributed by atoms with Crippen molar-refractivity contribution in [1.29, 1.82) is 0 Å². The molecule has 0 radical (unpaired) electrons. The third kappa shape index (κ3) is 5.46. The van der Waals surface area contributed by atoms with Crippen LogP contribution in [0, 0.1) is 0 Å². The van der Waals surface area contributed by atoms with E-state index in [1.807, 2.05) is 6.20 Å².